The molecule has 23 heavy (non-hydrogen) atoms. The summed E-state index contributed by atoms with van der Waals surface area (Å²) >= 11 is 0. The van der Waals surface area contributed by atoms with Crippen LogP contribution >= 0.6 is 0 Å². The molecule has 116 valence electrons. The van der Waals surface area contributed by atoms with Crippen LogP contribution in [0, 0.1) is 13.8 Å². The molecule has 0 saturated heterocycles. The number of benzene rings is 2. The van der Waals surface area contributed by atoms with Gasteiger partial charge >= 0.3 is 5.97 Å². The predicted molar refractivity (Wildman–Crippen MR) is 87.0 cm³/mol. The topological polar surface area (TPSA) is 52.3 Å². The Morgan fingerprint density at radius 1 is 1.04 bits per heavy atom. The third kappa shape index (κ3) is 3.31. The number of oxazole rings is 1. The van der Waals surface area contributed by atoms with Gasteiger partial charge in [0, 0.05) is 5.56 Å². The fourth-order valence-corrected chi connectivity index (χ4v) is 2.27. The van der Waals surface area contributed by atoms with Gasteiger partial charge in [-0.1, -0.05) is 42.5 Å². The molecule has 0 saturated carbocycles. The molecule has 4 heteroatoms. The monoisotopic (exact) mass is 307 g/mol. The summed E-state index contributed by atoms with van der Waals surface area (Å²) in [7, 11) is 0. The van der Waals surface area contributed by atoms with Crippen LogP contribution in [-0.4, -0.2) is 11.0 Å². The summed E-state index contributed by atoms with van der Waals surface area (Å²) in [5.41, 5.74) is 3.11. The number of aromatic nitrogens is 1. The van der Waals surface area contributed by atoms with Crippen molar-refractivity contribution >= 4 is 5.97 Å². The highest BCUT2D eigenvalue weighted by molar-refractivity contribution is 5.88. The van der Waals surface area contributed by atoms with Gasteiger partial charge < -0.3 is 9.15 Å². The number of hydrogen-bond donors (Lipinski definition) is 0. The summed E-state index contributed by atoms with van der Waals surface area (Å²) < 4.78 is 10.9. The normalized spacial score (nSPS) is 10.5. The van der Waals surface area contributed by atoms with E-state index >= 15 is 0 Å². The Balaban J connectivity index is 1.75. The zero-order valence-electron chi connectivity index (χ0n) is 13.1. The van der Waals surface area contributed by atoms with Crippen molar-refractivity contribution in [1.29, 1.82) is 0 Å². The highest BCUT2D eigenvalue weighted by Crippen LogP contribution is 2.22. The maximum absolute atomic E-state index is 12.3. The number of carbonyl (C=O) groups is 1. The van der Waals surface area contributed by atoms with Gasteiger partial charge in [0.05, 0.1) is 0 Å². The second-order valence-corrected chi connectivity index (χ2v) is 5.29. The number of ether oxygens (including phenoxy) is 1. The summed E-state index contributed by atoms with van der Waals surface area (Å²) in [6.45, 7) is 3.92. The van der Waals surface area contributed by atoms with Crippen LogP contribution in [0.1, 0.15) is 27.4 Å². The number of hydrogen-bond acceptors (Lipinski definition) is 4. The number of aryl methyl sites for hydroxylation is 2. The molecule has 0 fully saturated rings. The molecule has 0 atom stereocenters. The van der Waals surface area contributed by atoms with E-state index in [-0.39, 0.29) is 12.3 Å². The van der Waals surface area contributed by atoms with Gasteiger partial charge in [0.1, 0.15) is 12.4 Å². The average molecular weight is 307 g/mol. The lowest BCUT2D eigenvalue weighted by atomic mass is 10.1. The van der Waals surface area contributed by atoms with E-state index in [4.69, 9.17) is 9.15 Å². The molecule has 0 spiro atoms. The second-order valence-electron chi connectivity index (χ2n) is 5.29. The van der Waals surface area contributed by atoms with Crippen molar-refractivity contribution < 1.29 is 13.9 Å². The first-order chi connectivity index (χ1) is 11.1. The number of nitrogens with zero attached hydrogens (tertiary/aromatic N) is 1. The minimum absolute atomic E-state index is 0.220. The number of carbonyl (C=O) groups excluding carboxylic acids is 1. The van der Waals surface area contributed by atoms with Crippen molar-refractivity contribution in [3.05, 3.63) is 77.2 Å². The highest BCUT2D eigenvalue weighted by atomic mass is 16.5. The van der Waals surface area contributed by atoms with Gasteiger partial charge in [0.15, 0.2) is 5.69 Å². The van der Waals surface area contributed by atoms with Gasteiger partial charge in [-0.15, -0.1) is 0 Å². The fraction of sp³-hybridized carbons (Fsp3) is 0.158. The largest absolute Gasteiger partial charge is 0.456 e. The summed E-state index contributed by atoms with van der Waals surface area (Å²) in [6, 6.07) is 17.3. The van der Waals surface area contributed by atoms with E-state index in [1.165, 1.54) is 0 Å². The third-order valence-corrected chi connectivity index (χ3v) is 3.63. The first-order valence-electron chi connectivity index (χ1n) is 7.39. The Bertz CT molecular complexity index is 822. The van der Waals surface area contributed by atoms with E-state index in [0.29, 0.717) is 11.7 Å². The molecular formula is C19H17NO3. The smallest absolute Gasteiger partial charge is 0.360 e. The molecule has 1 heterocycles. The van der Waals surface area contributed by atoms with Crippen molar-refractivity contribution in [3.8, 4) is 11.5 Å². The van der Waals surface area contributed by atoms with E-state index < -0.39 is 5.97 Å². The van der Waals surface area contributed by atoms with Crippen molar-refractivity contribution in [2.75, 3.05) is 0 Å². The summed E-state index contributed by atoms with van der Waals surface area (Å²) in [5, 5.41) is 0. The third-order valence-electron chi connectivity index (χ3n) is 3.63. The Labute approximate surface area is 134 Å². The molecule has 0 N–H and O–H groups in total. The van der Waals surface area contributed by atoms with Crippen LogP contribution in [0.2, 0.25) is 0 Å². The lowest BCUT2D eigenvalue weighted by Gasteiger charge is -2.06. The van der Waals surface area contributed by atoms with Crippen molar-refractivity contribution in [3.63, 3.8) is 0 Å². The van der Waals surface area contributed by atoms with Crippen LogP contribution in [0.4, 0.5) is 0 Å². The zero-order chi connectivity index (χ0) is 16.2. The van der Waals surface area contributed by atoms with Crippen LogP contribution in [0.5, 0.6) is 0 Å². The first-order valence-corrected chi connectivity index (χ1v) is 7.39. The predicted octanol–water partition coefficient (Wildman–Crippen LogP) is 4.32. The minimum atomic E-state index is -0.475. The van der Waals surface area contributed by atoms with Gasteiger partial charge in [-0.2, -0.15) is 0 Å². The molecule has 3 aromatic rings. The zero-order valence-corrected chi connectivity index (χ0v) is 13.1. The average Bonchev–Trinajstić information content (AvgIpc) is 2.97. The Hall–Kier alpha value is -2.88. The molecule has 0 radical (unpaired) electrons. The van der Waals surface area contributed by atoms with Crippen LogP contribution < -0.4 is 0 Å². The fourth-order valence-electron chi connectivity index (χ4n) is 2.27. The van der Waals surface area contributed by atoms with E-state index in [1.807, 2.05) is 61.5 Å². The molecule has 0 amide bonds. The Kier molecular flexibility index (Phi) is 4.24. The second kappa shape index (κ2) is 6.48. The molecule has 4 nitrogen and oxygen atoms in total. The van der Waals surface area contributed by atoms with E-state index in [0.717, 1.165) is 16.7 Å². The van der Waals surface area contributed by atoms with E-state index in [1.54, 1.807) is 6.92 Å². The molecule has 3 rings (SSSR count). The van der Waals surface area contributed by atoms with Crippen molar-refractivity contribution in [2.45, 2.75) is 20.5 Å². The van der Waals surface area contributed by atoms with E-state index in [2.05, 4.69) is 4.98 Å². The molecule has 0 bridgehead atoms. The van der Waals surface area contributed by atoms with Gasteiger partial charge in [-0.25, -0.2) is 9.78 Å². The maximum atomic E-state index is 12.3. The van der Waals surface area contributed by atoms with E-state index in [9.17, 15) is 4.79 Å². The summed E-state index contributed by atoms with van der Waals surface area (Å²) in [4.78, 5) is 16.5. The number of rotatable bonds is 4. The minimum Gasteiger partial charge on any atom is -0.456 e. The van der Waals surface area contributed by atoms with Crippen LogP contribution in [-0.2, 0) is 11.3 Å². The molecule has 1 aromatic heterocycles. The van der Waals surface area contributed by atoms with Crippen molar-refractivity contribution in [1.82, 2.24) is 4.98 Å². The Morgan fingerprint density at radius 3 is 2.48 bits per heavy atom. The molecule has 2 aromatic carbocycles. The lowest BCUT2D eigenvalue weighted by Crippen LogP contribution is -2.07. The Morgan fingerprint density at radius 2 is 1.74 bits per heavy atom. The maximum Gasteiger partial charge on any atom is 0.360 e. The highest BCUT2D eigenvalue weighted by Gasteiger charge is 2.19. The molecule has 0 aliphatic carbocycles. The van der Waals surface area contributed by atoms with Gasteiger partial charge in [0.2, 0.25) is 5.89 Å². The van der Waals surface area contributed by atoms with Gasteiger partial charge in [-0.3, -0.25) is 0 Å². The number of esters is 1. The molecule has 0 aliphatic rings. The van der Waals surface area contributed by atoms with Gasteiger partial charge in [0.25, 0.3) is 0 Å². The lowest BCUT2D eigenvalue weighted by molar-refractivity contribution is 0.0464. The quantitative estimate of drug-likeness (QED) is 0.674. The van der Waals surface area contributed by atoms with Crippen LogP contribution in [0.25, 0.3) is 11.5 Å². The molecule has 0 aliphatic heterocycles. The molecular weight excluding hydrogens is 290 g/mol. The standard InChI is InChI=1S/C19H17NO3/c1-13-8-6-7-11-16(13)12-22-19(21)17-14(2)23-18(20-17)15-9-4-3-5-10-15/h3-11H,12H2,1-2H3. The van der Waals surface area contributed by atoms with Crippen LogP contribution in [0.3, 0.4) is 0 Å². The van der Waals surface area contributed by atoms with Crippen LogP contribution in [0.15, 0.2) is 59.0 Å². The van der Waals surface area contributed by atoms with Gasteiger partial charge in [-0.05, 0) is 37.1 Å². The summed E-state index contributed by atoms with van der Waals surface area (Å²) in [6.07, 6.45) is 0. The molecule has 0 unspecified atom stereocenters. The van der Waals surface area contributed by atoms with Crippen molar-refractivity contribution in [2.24, 2.45) is 0 Å². The SMILES string of the molecule is Cc1ccccc1COC(=O)c1nc(-c2ccccc2)oc1C. The first kappa shape index (κ1) is 15.0. The summed E-state index contributed by atoms with van der Waals surface area (Å²) in [5.74, 6) is 0.404.